The average molecular weight is 304 g/mol. The highest BCUT2D eigenvalue weighted by molar-refractivity contribution is 5.74. The SMILES string of the molecule is CC.CC(C)c1ccc2c(c1CC(=O)OC(C)(C)C)CCC2. The van der Waals surface area contributed by atoms with E-state index in [1.165, 1.54) is 28.7 Å². The third-order valence-electron chi connectivity index (χ3n) is 3.80. The van der Waals surface area contributed by atoms with Crippen molar-refractivity contribution in [3.05, 3.63) is 34.4 Å². The topological polar surface area (TPSA) is 26.3 Å². The van der Waals surface area contributed by atoms with Gasteiger partial charge in [-0.15, -0.1) is 0 Å². The van der Waals surface area contributed by atoms with Crippen molar-refractivity contribution in [2.75, 3.05) is 0 Å². The predicted molar refractivity (Wildman–Crippen MR) is 93.5 cm³/mol. The van der Waals surface area contributed by atoms with Crippen molar-refractivity contribution < 1.29 is 9.53 Å². The van der Waals surface area contributed by atoms with Crippen molar-refractivity contribution in [2.24, 2.45) is 0 Å². The van der Waals surface area contributed by atoms with Gasteiger partial charge in [-0.3, -0.25) is 4.79 Å². The number of esters is 1. The summed E-state index contributed by atoms with van der Waals surface area (Å²) in [6.45, 7) is 14.1. The van der Waals surface area contributed by atoms with Gasteiger partial charge in [0.2, 0.25) is 0 Å². The second-order valence-electron chi connectivity index (χ2n) is 7.04. The Morgan fingerprint density at radius 2 is 1.82 bits per heavy atom. The van der Waals surface area contributed by atoms with E-state index >= 15 is 0 Å². The Morgan fingerprint density at radius 1 is 1.18 bits per heavy atom. The molecular formula is C20H32O2. The van der Waals surface area contributed by atoms with Gasteiger partial charge in [-0.2, -0.15) is 0 Å². The highest BCUT2D eigenvalue weighted by Crippen LogP contribution is 2.32. The molecule has 1 aliphatic carbocycles. The number of rotatable bonds is 3. The summed E-state index contributed by atoms with van der Waals surface area (Å²) in [5.74, 6) is 0.332. The van der Waals surface area contributed by atoms with Crippen LogP contribution in [0.25, 0.3) is 0 Å². The lowest BCUT2D eigenvalue weighted by molar-refractivity contribution is -0.153. The van der Waals surface area contributed by atoms with Crippen LogP contribution in [-0.4, -0.2) is 11.6 Å². The minimum absolute atomic E-state index is 0.111. The van der Waals surface area contributed by atoms with Crippen molar-refractivity contribution >= 4 is 5.97 Å². The number of ether oxygens (including phenoxy) is 1. The van der Waals surface area contributed by atoms with Gasteiger partial charge in [0.05, 0.1) is 6.42 Å². The molecule has 1 aromatic rings. The summed E-state index contributed by atoms with van der Waals surface area (Å²) in [6.07, 6.45) is 3.87. The molecule has 1 aliphatic rings. The van der Waals surface area contributed by atoms with E-state index in [-0.39, 0.29) is 5.97 Å². The molecule has 0 atom stereocenters. The number of aryl methyl sites for hydroxylation is 1. The van der Waals surface area contributed by atoms with Crippen LogP contribution in [-0.2, 0) is 28.8 Å². The number of fused-ring (bicyclic) bond motifs is 1. The van der Waals surface area contributed by atoms with Gasteiger partial charge < -0.3 is 4.74 Å². The van der Waals surface area contributed by atoms with E-state index in [4.69, 9.17) is 4.74 Å². The molecule has 0 saturated heterocycles. The van der Waals surface area contributed by atoms with E-state index in [2.05, 4.69) is 26.0 Å². The van der Waals surface area contributed by atoms with E-state index in [0.717, 1.165) is 12.8 Å². The first-order valence-corrected chi connectivity index (χ1v) is 8.63. The molecule has 0 aliphatic heterocycles. The quantitative estimate of drug-likeness (QED) is 0.717. The first-order chi connectivity index (χ1) is 10.3. The molecular weight excluding hydrogens is 272 g/mol. The number of benzene rings is 1. The van der Waals surface area contributed by atoms with Crippen LogP contribution in [0.4, 0.5) is 0 Å². The van der Waals surface area contributed by atoms with Crippen molar-refractivity contribution in [2.45, 2.75) is 85.7 Å². The van der Waals surface area contributed by atoms with Gasteiger partial charge in [-0.25, -0.2) is 0 Å². The molecule has 0 spiro atoms. The average Bonchev–Trinajstić information content (AvgIpc) is 2.87. The molecule has 0 fully saturated rings. The zero-order valence-corrected chi connectivity index (χ0v) is 15.4. The van der Waals surface area contributed by atoms with E-state index in [0.29, 0.717) is 12.3 Å². The van der Waals surface area contributed by atoms with E-state index in [1.807, 2.05) is 34.6 Å². The molecule has 0 saturated carbocycles. The van der Waals surface area contributed by atoms with Crippen LogP contribution in [0.3, 0.4) is 0 Å². The van der Waals surface area contributed by atoms with Gasteiger partial charge in [0.15, 0.2) is 0 Å². The minimum atomic E-state index is -0.410. The third kappa shape index (κ3) is 4.86. The standard InChI is InChI=1S/C18H26O2.C2H6/c1-12(2)14-10-9-13-7-6-8-15(13)16(14)11-17(19)20-18(3,4)5;1-2/h9-10,12H,6-8,11H2,1-5H3;1-2H3. The molecule has 0 aromatic heterocycles. The maximum atomic E-state index is 12.2. The van der Waals surface area contributed by atoms with Crippen LogP contribution >= 0.6 is 0 Å². The molecule has 0 amide bonds. The lowest BCUT2D eigenvalue weighted by atomic mass is 9.89. The number of carbonyl (C=O) groups excluding carboxylic acids is 1. The molecule has 0 N–H and O–H groups in total. The summed E-state index contributed by atoms with van der Waals surface area (Å²) < 4.78 is 5.50. The van der Waals surface area contributed by atoms with E-state index in [1.54, 1.807) is 0 Å². The minimum Gasteiger partial charge on any atom is -0.460 e. The molecule has 2 rings (SSSR count). The summed E-state index contributed by atoms with van der Waals surface area (Å²) in [7, 11) is 0. The molecule has 0 heterocycles. The monoisotopic (exact) mass is 304 g/mol. The van der Waals surface area contributed by atoms with Gasteiger partial charge in [0, 0.05) is 0 Å². The fourth-order valence-corrected chi connectivity index (χ4v) is 3.03. The first kappa shape index (κ1) is 18.7. The molecule has 2 heteroatoms. The Morgan fingerprint density at radius 3 is 2.36 bits per heavy atom. The molecule has 0 bridgehead atoms. The number of hydrogen-bond donors (Lipinski definition) is 0. The first-order valence-electron chi connectivity index (χ1n) is 8.63. The second-order valence-corrected chi connectivity index (χ2v) is 7.04. The normalized spacial score (nSPS) is 13.5. The van der Waals surface area contributed by atoms with E-state index < -0.39 is 5.60 Å². The molecule has 2 nitrogen and oxygen atoms in total. The predicted octanol–water partition coefficient (Wildman–Crippen LogP) is 5.21. The van der Waals surface area contributed by atoms with Crippen LogP contribution < -0.4 is 0 Å². The van der Waals surface area contributed by atoms with Crippen LogP contribution in [0.1, 0.15) is 83.1 Å². The molecule has 0 unspecified atom stereocenters. The lowest BCUT2D eigenvalue weighted by Crippen LogP contribution is -2.25. The largest absolute Gasteiger partial charge is 0.460 e. The van der Waals surface area contributed by atoms with E-state index in [9.17, 15) is 4.79 Å². The smallest absolute Gasteiger partial charge is 0.310 e. The zero-order chi connectivity index (χ0) is 16.9. The van der Waals surface area contributed by atoms with Crippen LogP contribution in [0.15, 0.2) is 12.1 Å². The van der Waals surface area contributed by atoms with Gasteiger partial charge in [0.25, 0.3) is 0 Å². The fraction of sp³-hybridized carbons (Fsp3) is 0.650. The molecule has 22 heavy (non-hydrogen) atoms. The summed E-state index contributed by atoms with van der Waals surface area (Å²) in [6, 6.07) is 4.45. The maximum absolute atomic E-state index is 12.2. The van der Waals surface area contributed by atoms with Crippen molar-refractivity contribution in [3.8, 4) is 0 Å². The van der Waals surface area contributed by atoms with Crippen molar-refractivity contribution in [1.82, 2.24) is 0 Å². The zero-order valence-electron chi connectivity index (χ0n) is 15.4. The maximum Gasteiger partial charge on any atom is 0.310 e. The summed E-state index contributed by atoms with van der Waals surface area (Å²) >= 11 is 0. The molecule has 124 valence electrons. The molecule has 1 aromatic carbocycles. The Hall–Kier alpha value is -1.31. The van der Waals surface area contributed by atoms with Crippen LogP contribution in [0, 0.1) is 0 Å². The Labute approximate surface area is 136 Å². The summed E-state index contributed by atoms with van der Waals surface area (Å²) in [5.41, 5.74) is 4.95. The number of hydrogen-bond acceptors (Lipinski definition) is 2. The summed E-state index contributed by atoms with van der Waals surface area (Å²) in [5, 5.41) is 0. The third-order valence-corrected chi connectivity index (χ3v) is 3.80. The lowest BCUT2D eigenvalue weighted by Gasteiger charge is -2.22. The number of carbonyl (C=O) groups is 1. The second kappa shape index (κ2) is 7.80. The van der Waals surface area contributed by atoms with Gasteiger partial charge >= 0.3 is 5.97 Å². The summed E-state index contributed by atoms with van der Waals surface area (Å²) in [4.78, 5) is 12.2. The Balaban J connectivity index is 0.00000116. The van der Waals surface area contributed by atoms with Crippen LogP contribution in [0.2, 0.25) is 0 Å². The van der Waals surface area contributed by atoms with Crippen LogP contribution in [0.5, 0.6) is 0 Å². The Bertz CT molecular complexity index is 507. The Kier molecular flexibility index (Phi) is 6.65. The van der Waals surface area contributed by atoms with Gasteiger partial charge in [0.1, 0.15) is 5.60 Å². The van der Waals surface area contributed by atoms with Crippen molar-refractivity contribution in [1.29, 1.82) is 0 Å². The van der Waals surface area contributed by atoms with Crippen molar-refractivity contribution in [3.63, 3.8) is 0 Å². The molecule has 0 radical (unpaired) electrons. The highest BCUT2D eigenvalue weighted by Gasteiger charge is 2.23. The highest BCUT2D eigenvalue weighted by atomic mass is 16.6. The van der Waals surface area contributed by atoms with Gasteiger partial charge in [-0.05, 0) is 68.2 Å². The fourth-order valence-electron chi connectivity index (χ4n) is 3.03. The van der Waals surface area contributed by atoms with Gasteiger partial charge in [-0.1, -0.05) is 39.8 Å².